The van der Waals surface area contributed by atoms with Gasteiger partial charge in [-0.2, -0.15) is 0 Å². The van der Waals surface area contributed by atoms with Gasteiger partial charge in [0.2, 0.25) is 0 Å². The molecule has 0 aliphatic rings. The second-order valence-electron chi connectivity index (χ2n) is 3.57. The predicted octanol–water partition coefficient (Wildman–Crippen LogP) is 2.75. The summed E-state index contributed by atoms with van der Waals surface area (Å²) in [4.78, 5) is 6.85. The molecular weight excluding hydrogens is 231 g/mol. The Morgan fingerprint density at radius 1 is 1.18 bits per heavy atom. The van der Waals surface area contributed by atoms with Crippen LogP contribution in [0.1, 0.15) is 11.4 Å². The number of benzene rings is 1. The van der Waals surface area contributed by atoms with Crippen LogP contribution in [0.3, 0.4) is 0 Å². The first-order valence-electron chi connectivity index (χ1n) is 4.95. The highest BCUT2D eigenvalue weighted by atomic mass is 19.2. The minimum atomic E-state index is -1.20. The Kier molecular flexibility index (Phi) is 3.03. The lowest BCUT2D eigenvalue weighted by Gasteiger charge is -2.07. The first kappa shape index (κ1) is 11.5. The SMILES string of the molecule is Cc1[nH]cnc1CNc1cc(F)c(F)cc1F. The second-order valence-corrected chi connectivity index (χ2v) is 3.57. The van der Waals surface area contributed by atoms with Gasteiger partial charge in [-0.1, -0.05) is 0 Å². The standard InChI is InChI=1S/C11H10F3N3/c1-6-11(17-5-16-6)4-15-10-3-8(13)7(12)2-9(10)14/h2-3,5,15H,4H2,1H3,(H,16,17). The highest BCUT2D eigenvalue weighted by molar-refractivity contribution is 5.45. The fraction of sp³-hybridized carbons (Fsp3) is 0.182. The normalized spacial score (nSPS) is 10.6. The molecule has 0 atom stereocenters. The molecule has 2 rings (SSSR count). The molecule has 2 N–H and O–H groups in total. The molecule has 0 spiro atoms. The van der Waals surface area contributed by atoms with Crippen LogP contribution >= 0.6 is 0 Å². The Morgan fingerprint density at radius 3 is 2.53 bits per heavy atom. The minimum Gasteiger partial charge on any atom is -0.377 e. The van der Waals surface area contributed by atoms with Crippen LogP contribution in [0, 0.1) is 24.4 Å². The number of nitrogens with one attached hydrogen (secondary N) is 2. The summed E-state index contributed by atoms with van der Waals surface area (Å²) in [7, 11) is 0. The van der Waals surface area contributed by atoms with Gasteiger partial charge in [-0.3, -0.25) is 0 Å². The molecular formula is C11H10F3N3. The Balaban J connectivity index is 2.14. The zero-order valence-corrected chi connectivity index (χ0v) is 9.02. The maximum absolute atomic E-state index is 13.3. The largest absolute Gasteiger partial charge is 0.377 e. The van der Waals surface area contributed by atoms with Crippen LogP contribution in [0.5, 0.6) is 0 Å². The van der Waals surface area contributed by atoms with Gasteiger partial charge >= 0.3 is 0 Å². The zero-order valence-electron chi connectivity index (χ0n) is 9.02. The summed E-state index contributed by atoms with van der Waals surface area (Å²) in [5, 5.41) is 2.66. The first-order valence-corrected chi connectivity index (χ1v) is 4.95. The molecule has 0 aliphatic heterocycles. The lowest BCUT2D eigenvalue weighted by molar-refractivity contribution is 0.496. The lowest BCUT2D eigenvalue weighted by Crippen LogP contribution is -2.04. The molecule has 2 aromatic rings. The lowest BCUT2D eigenvalue weighted by atomic mass is 10.2. The van der Waals surface area contributed by atoms with Crippen molar-refractivity contribution in [3.63, 3.8) is 0 Å². The Bertz CT molecular complexity index is 537. The number of halogens is 3. The Labute approximate surface area is 95.7 Å². The molecule has 1 aromatic carbocycles. The summed E-state index contributed by atoms with van der Waals surface area (Å²) in [6.07, 6.45) is 1.51. The fourth-order valence-corrected chi connectivity index (χ4v) is 1.40. The molecule has 0 amide bonds. The number of H-pyrrole nitrogens is 1. The van der Waals surface area contributed by atoms with Gasteiger partial charge in [0.25, 0.3) is 0 Å². The molecule has 90 valence electrons. The van der Waals surface area contributed by atoms with Crippen LogP contribution in [0.25, 0.3) is 0 Å². The summed E-state index contributed by atoms with van der Waals surface area (Å²) in [5.74, 6) is -3.13. The van der Waals surface area contributed by atoms with Crippen molar-refractivity contribution in [3.8, 4) is 0 Å². The molecule has 1 heterocycles. The highest BCUT2D eigenvalue weighted by Gasteiger charge is 2.10. The van der Waals surface area contributed by atoms with Gasteiger partial charge in [-0.25, -0.2) is 18.2 Å². The maximum Gasteiger partial charge on any atom is 0.161 e. The summed E-state index contributed by atoms with van der Waals surface area (Å²) in [6, 6.07) is 1.29. The molecule has 0 saturated carbocycles. The number of imidazole rings is 1. The Morgan fingerprint density at radius 2 is 1.88 bits per heavy atom. The average molecular weight is 241 g/mol. The van der Waals surface area contributed by atoms with Crippen molar-refractivity contribution in [1.29, 1.82) is 0 Å². The molecule has 0 unspecified atom stereocenters. The van der Waals surface area contributed by atoms with Gasteiger partial charge in [0.05, 0.1) is 24.3 Å². The third kappa shape index (κ3) is 2.41. The van der Waals surface area contributed by atoms with Crippen molar-refractivity contribution in [2.45, 2.75) is 13.5 Å². The van der Waals surface area contributed by atoms with Crippen molar-refractivity contribution in [2.24, 2.45) is 0 Å². The average Bonchev–Trinajstić information content (AvgIpc) is 2.68. The van der Waals surface area contributed by atoms with E-state index in [4.69, 9.17) is 0 Å². The quantitative estimate of drug-likeness (QED) is 0.811. The van der Waals surface area contributed by atoms with E-state index in [1.807, 2.05) is 6.92 Å². The number of hydrogen-bond donors (Lipinski definition) is 2. The van der Waals surface area contributed by atoms with Gasteiger partial charge in [0.15, 0.2) is 11.6 Å². The van der Waals surface area contributed by atoms with E-state index in [9.17, 15) is 13.2 Å². The molecule has 6 heteroatoms. The molecule has 0 saturated heterocycles. The topological polar surface area (TPSA) is 40.7 Å². The van der Waals surface area contributed by atoms with Crippen molar-refractivity contribution >= 4 is 5.69 Å². The number of rotatable bonds is 3. The van der Waals surface area contributed by atoms with Crippen LogP contribution in [-0.4, -0.2) is 9.97 Å². The van der Waals surface area contributed by atoms with E-state index in [1.54, 1.807) is 0 Å². The number of aryl methyl sites for hydroxylation is 1. The van der Waals surface area contributed by atoms with Gasteiger partial charge in [-0.15, -0.1) is 0 Å². The molecule has 1 aromatic heterocycles. The predicted molar refractivity (Wildman–Crippen MR) is 57.0 cm³/mol. The molecule has 0 bridgehead atoms. The van der Waals surface area contributed by atoms with E-state index >= 15 is 0 Å². The maximum atomic E-state index is 13.3. The van der Waals surface area contributed by atoms with Gasteiger partial charge in [0, 0.05) is 17.8 Å². The third-order valence-corrected chi connectivity index (χ3v) is 2.39. The summed E-state index contributed by atoms with van der Waals surface area (Å²) >= 11 is 0. The number of aromatic nitrogens is 2. The van der Waals surface area contributed by atoms with Gasteiger partial charge in [-0.05, 0) is 6.92 Å². The molecule has 17 heavy (non-hydrogen) atoms. The van der Waals surface area contributed by atoms with E-state index in [0.717, 1.165) is 11.8 Å². The van der Waals surface area contributed by atoms with Crippen LogP contribution in [0.4, 0.5) is 18.9 Å². The van der Waals surface area contributed by atoms with Crippen molar-refractivity contribution in [1.82, 2.24) is 9.97 Å². The number of hydrogen-bond acceptors (Lipinski definition) is 2. The molecule has 0 radical (unpaired) electrons. The smallest absolute Gasteiger partial charge is 0.161 e. The second kappa shape index (κ2) is 4.48. The first-order chi connectivity index (χ1) is 8.08. The van der Waals surface area contributed by atoms with Crippen molar-refractivity contribution in [2.75, 3.05) is 5.32 Å². The van der Waals surface area contributed by atoms with Gasteiger partial charge < -0.3 is 10.3 Å². The van der Waals surface area contributed by atoms with Crippen molar-refractivity contribution < 1.29 is 13.2 Å². The van der Waals surface area contributed by atoms with Crippen LogP contribution in [0.15, 0.2) is 18.5 Å². The van der Waals surface area contributed by atoms with E-state index in [0.29, 0.717) is 11.8 Å². The summed E-state index contributed by atoms with van der Waals surface area (Å²) in [6.45, 7) is 2.04. The van der Waals surface area contributed by atoms with E-state index in [2.05, 4.69) is 15.3 Å². The van der Waals surface area contributed by atoms with Gasteiger partial charge in [0.1, 0.15) is 5.82 Å². The third-order valence-electron chi connectivity index (χ3n) is 2.39. The molecule has 0 aliphatic carbocycles. The van der Waals surface area contributed by atoms with Crippen LogP contribution < -0.4 is 5.32 Å². The van der Waals surface area contributed by atoms with E-state index in [1.165, 1.54) is 6.33 Å². The summed E-state index contributed by atoms with van der Waals surface area (Å²) in [5.41, 5.74) is 1.43. The van der Waals surface area contributed by atoms with E-state index < -0.39 is 17.5 Å². The number of anilines is 1. The summed E-state index contributed by atoms with van der Waals surface area (Å²) < 4.78 is 38.8. The monoisotopic (exact) mass is 241 g/mol. The minimum absolute atomic E-state index is 0.0914. The van der Waals surface area contributed by atoms with Crippen LogP contribution in [0.2, 0.25) is 0 Å². The van der Waals surface area contributed by atoms with E-state index in [-0.39, 0.29) is 12.2 Å². The number of aromatic amines is 1. The fourth-order valence-electron chi connectivity index (χ4n) is 1.40. The van der Waals surface area contributed by atoms with Crippen molar-refractivity contribution in [3.05, 3.63) is 47.3 Å². The molecule has 3 nitrogen and oxygen atoms in total. The highest BCUT2D eigenvalue weighted by Crippen LogP contribution is 2.19. The Hall–Kier alpha value is -1.98. The van der Waals surface area contributed by atoms with Crippen LogP contribution in [-0.2, 0) is 6.54 Å². The number of nitrogens with zero attached hydrogens (tertiary/aromatic N) is 1. The molecule has 0 fully saturated rings. The zero-order chi connectivity index (χ0) is 12.4.